The highest BCUT2D eigenvalue weighted by Crippen LogP contribution is 2.43. The summed E-state index contributed by atoms with van der Waals surface area (Å²) < 4.78 is 50.2. The van der Waals surface area contributed by atoms with Gasteiger partial charge in [0, 0.05) is 25.0 Å². The number of carbonyl (C=O) groups is 1. The van der Waals surface area contributed by atoms with Gasteiger partial charge in [0.1, 0.15) is 0 Å². The Hall–Kier alpha value is -2.07. The van der Waals surface area contributed by atoms with Crippen molar-refractivity contribution in [1.29, 1.82) is 5.26 Å². The van der Waals surface area contributed by atoms with Crippen molar-refractivity contribution in [3.05, 3.63) is 35.9 Å². The number of halogens is 3. The quantitative estimate of drug-likeness (QED) is 0.718. The molecule has 7 heteroatoms. The zero-order chi connectivity index (χ0) is 17.5. The minimum absolute atomic E-state index is 0.0983. The van der Waals surface area contributed by atoms with Crippen LogP contribution in [0.15, 0.2) is 30.3 Å². The zero-order valence-corrected chi connectivity index (χ0v) is 12.9. The Morgan fingerprint density at radius 2 is 1.91 bits per heavy atom. The maximum absolute atomic E-state index is 13.6. The first-order chi connectivity index (χ1) is 10.8. The minimum atomic E-state index is -4.99. The highest BCUT2D eigenvalue weighted by molar-refractivity contribution is 5.82. The van der Waals surface area contributed by atoms with E-state index < -0.39 is 17.7 Å². The van der Waals surface area contributed by atoms with E-state index in [2.05, 4.69) is 4.74 Å². The van der Waals surface area contributed by atoms with Crippen LogP contribution >= 0.6 is 0 Å². The van der Waals surface area contributed by atoms with E-state index >= 15 is 0 Å². The molecule has 0 spiro atoms. The fourth-order valence-corrected chi connectivity index (χ4v) is 2.13. The molecule has 0 aliphatic carbocycles. The number of nitriles is 1. The Kier molecular flexibility index (Phi) is 6.58. The smallest absolute Gasteiger partial charge is 0.432 e. The summed E-state index contributed by atoms with van der Waals surface area (Å²) in [4.78, 5) is 12.2. The number of carbonyl (C=O) groups excluding carboxylic acids is 1. The molecule has 0 aromatic heterocycles. The van der Waals surface area contributed by atoms with E-state index in [-0.39, 0.29) is 24.5 Å². The average Bonchev–Trinajstić information content (AvgIpc) is 2.52. The summed E-state index contributed by atoms with van der Waals surface area (Å²) in [6.45, 7) is 1.50. The van der Waals surface area contributed by atoms with Crippen LogP contribution in [0.1, 0.15) is 25.3 Å². The molecule has 0 aliphatic heterocycles. The Morgan fingerprint density at radius 1 is 1.30 bits per heavy atom. The van der Waals surface area contributed by atoms with Gasteiger partial charge in [-0.2, -0.15) is 18.4 Å². The van der Waals surface area contributed by atoms with E-state index in [9.17, 15) is 18.0 Å². The van der Waals surface area contributed by atoms with Crippen LogP contribution in [0, 0.1) is 17.2 Å². The van der Waals surface area contributed by atoms with E-state index in [1.807, 2.05) is 6.07 Å². The first-order valence-corrected chi connectivity index (χ1v) is 7.05. The molecule has 0 N–H and O–H groups in total. The first-order valence-electron chi connectivity index (χ1n) is 7.05. The van der Waals surface area contributed by atoms with Crippen molar-refractivity contribution in [2.75, 3.05) is 13.7 Å². The zero-order valence-electron chi connectivity index (χ0n) is 12.9. The normalized spacial score (nSPS) is 15.3. The Bertz CT molecular complexity index is 554. The van der Waals surface area contributed by atoms with Crippen molar-refractivity contribution in [3.63, 3.8) is 0 Å². The van der Waals surface area contributed by atoms with E-state index in [1.54, 1.807) is 6.92 Å². The number of ether oxygens (including phenoxy) is 2. The molecule has 0 fully saturated rings. The van der Waals surface area contributed by atoms with Crippen molar-refractivity contribution in [2.45, 2.75) is 31.5 Å². The second kappa shape index (κ2) is 7.97. The lowest BCUT2D eigenvalue weighted by molar-refractivity contribution is -0.276. The van der Waals surface area contributed by atoms with Crippen LogP contribution in [-0.2, 0) is 19.9 Å². The number of rotatable bonds is 7. The van der Waals surface area contributed by atoms with Gasteiger partial charge in [0.05, 0.1) is 12.7 Å². The van der Waals surface area contributed by atoms with Gasteiger partial charge in [-0.25, -0.2) is 4.79 Å². The summed E-state index contributed by atoms with van der Waals surface area (Å²) in [5, 5.41) is 8.65. The number of hydrogen-bond donors (Lipinski definition) is 0. The molecule has 1 unspecified atom stereocenters. The predicted octanol–water partition coefficient (Wildman–Crippen LogP) is 3.57. The maximum Gasteiger partial charge on any atom is 0.432 e. The van der Waals surface area contributed by atoms with Crippen molar-refractivity contribution in [2.24, 2.45) is 5.92 Å². The van der Waals surface area contributed by atoms with Gasteiger partial charge in [-0.05, 0) is 6.42 Å². The maximum atomic E-state index is 13.6. The van der Waals surface area contributed by atoms with Gasteiger partial charge >= 0.3 is 12.1 Å². The van der Waals surface area contributed by atoms with E-state index in [4.69, 9.17) is 10.00 Å². The topological polar surface area (TPSA) is 59.3 Å². The third-order valence-electron chi connectivity index (χ3n) is 3.58. The summed E-state index contributed by atoms with van der Waals surface area (Å²) in [7, 11) is 0.814. The molecule has 0 aliphatic rings. The molecule has 0 bridgehead atoms. The molecular formula is C16H18F3NO3. The van der Waals surface area contributed by atoms with Gasteiger partial charge in [-0.3, -0.25) is 0 Å². The van der Waals surface area contributed by atoms with Crippen LogP contribution < -0.4 is 0 Å². The highest BCUT2D eigenvalue weighted by Gasteiger charge is 2.64. The molecule has 0 saturated carbocycles. The van der Waals surface area contributed by atoms with Crippen molar-refractivity contribution in [3.8, 4) is 6.07 Å². The minimum Gasteiger partial charge on any atom is -0.463 e. The lowest BCUT2D eigenvalue weighted by Crippen LogP contribution is -2.52. The van der Waals surface area contributed by atoms with Gasteiger partial charge in [0.25, 0.3) is 5.60 Å². The molecular weight excluding hydrogens is 311 g/mol. The number of esters is 1. The lowest BCUT2D eigenvalue weighted by Gasteiger charge is -2.32. The average molecular weight is 329 g/mol. The fraction of sp³-hybridized carbons (Fsp3) is 0.500. The van der Waals surface area contributed by atoms with Crippen LogP contribution in [0.2, 0.25) is 0 Å². The van der Waals surface area contributed by atoms with E-state index in [1.165, 1.54) is 18.2 Å². The fourth-order valence-electron chi connectivity index (χ4n) is 2.13. The molecule has 23 heavy (non-hydrogen) atoms. The number of benzene rings is 1. The van der Waals surface area contributed by atoms with Crippen molar-refractivity contribution in [1.82, 2.24) is 0 Å². The second-order valence-corrected chi connectivity index (χ2v) is 4.98. The van der Waals surface area contributed by atoms with Crippen LogP contribution in [0.5, 0.6) is 0 Å². The standard InChI is InChI=1S/C16H18F3NO3/c1-3-12(9-10-20)11-23-14(21)15(22-2,16(17,18)19)13-7-5-4-6-8-13/h4-8,12H,3,9,11H2,1-2H3/t12-,15?/m1/s1. The van der Waals surface area contributed by atoms with Crippen LogP contribution in [-0.4, -0.2) is 25.9 Å². The lowest BCUT2D eigenvalue weighted by atomic mass is 9.92. The SMILES string of the molecule is CC[C@H](CC#N)COC(=O)C(OC)(c1ccccc1)C(F)(F)F. The molecule has 4 nitrogen and oxygen atoms in total. The predicted molar refractivity (Wildman–Crippen MR) is 76.2 cm³/mol. The molecule has 0 heterocycles. The Labute approximate surface area is 132 Å². The molecule has 0 radical (unpaired) electrons. The van der Waals surface area contributed by atoms with Crippen molar-refractivity contribution >= 4 is 5.97 Å². The number of alkyl halides is 3. The molecule has 0 amide bonds. The summed E-state index contributed by atoms with van der Waals surface area (Å²) >= 11 is 0. The molecule has 1 aromatic carbocycles. The molecule has 126 valence electrons. The summed E-state index contributed by atoms with van der Waals surface area (Å²) in [5.41, 5.74) is -3.53. The summed E-state index contributed by atoms with van der Waals surface area (Å²) in [6, 6.07) is 8.52. The van der Waals surface area contributed by atoms with Gasteiger partial charge in [-0.1, -0.05) is 37.3 Å². The van der Waals surface area contributed by atoms with Crippen LogP contribution in [0.25, 0.3) is 0 Å². The third-order valence-corrected chi connectivity index (χ3v) is 3.58. The Balaban J connectivity index is 3.11. The first kappa shape index (κ1) is 19.0. The third kappa shape index (κ3) is 4.02. The van der Waals surface area contributed by atoms with Gasteiger partial charge in [0.15, 0.2) is 0 Å². The molecule has 0 saturated heterocycles. The summed E-state index contributed by atoms with van der Waals surface area (Å²) in [6.07, 6.45) is -4.38. The number of methoxy groups -OCH3 is 1. The van der Waals surface area contributed by atoms with Gasteiger partial charge in [0.2, 0.25) is 0 Å². The van der Waals surface area contributed by atoms with E-state index in [0.717, 1.165) is 19.2 Å². The summed E-state index contributed by atoms with van der Waals surface area (Å²) in [5.74, 6) is -1.85. The molecule has 1 aromatic rings. The van der Waals surface area contributed by atoms with Crippen LogP contribution in [0.4, 0.5) is 13.2 Å². The Morgan fingerprint density at radius 3 is 2.35 bits per heavy atom. The second-order valence-electron chi connectivity index (χ2n) is 4.98. The largest absolute Gasteiger partial charge is 0.463 e. The van der Waals surface area contributed by atoms with Gasteiger partial charge < -0.3 is 9.47 Å². The van der Waals surface area contributed by atoms with Crippen LogP contribution in [0.3, 0.4) is 0 Å². The number of hydrogen-bond acceptors (Lipinski definition) is 4. The molecule has 1 rings (SSSR count). The number of nitrogens with zero attached hydrogens (tertiary/aromatic N) is 1. The highest BCUT2D eigenvalue weighted by atomic mass is 19.4. The van der Waals surface area contributed by atoms with E-state index in [0.29, 0.717) is 6.42 Å². The van der Waals surface area contributed by atoms with Gasteiger partial charge in [-0.15, -0.1) is 0 Å². The molecule has 2 atom stereocenters. The monoisotopic (exact) mass is 329 g/mol. The van der Waals surface area contributed by atoms with Crippen molar-refractivity contribution < 1.29 is 27.4 Å².